The maximum Gasteiger partial charge on any atom is 0.258 e. The third-order valence-corrected chi connectivity index (χ3v) is 2.62. The Kier molecular flexibility index (Phi) is 3.60. The predicted molar refractivity (Wildman–Crippen MR) is 63.1 cm³/mol. The quantitative estimate of drug-likeness (QED) is 0.810. The minimum Gasteiger partial charge on any atom is -0.483 e. The van der Waals surface area contributed by atoms with Crippen LogP contribution in [0.3, 0.4) is 0 Å². The van der Waals surface area contributed by atoms with Gasteiger partial charge in [0.25, 0.3) is 5.91 Å². The maximum atomic E-state index is 13.1. The molecule has 1 aromatic carbocycles. The number of ether oxygens (including phenoxy) is 1. The Morgan fingerprint density at radius 1 is 1.44 bits per heavy atom. The van der Waals surface area contributed by atoms with Gasteiger partial charge in [0.15, 0.2) is 12.4 Å². The lowest BCUT2D eigenvalue weighted by atomic mass is 10.1. The molecule has 1 saturated carbocycles. The van der Waals surface area contributed by atoms with E-state index >= 15 is 0 Å². The van der Waals surface area contributed by atoms with Gasteiger partial charge in [-0.2, -0.15) is 0 Å². The van der Waals surface area contributed by atoms with Crippen molar-refractivity contribution < 1.29 is 18.7 Å². The zero-order valence-electron chi connectivity index (χ0n) is 10.0. The molecule has 1 aliphatic carbocycles. The largest absolute Gasteiger partial charge is 0.483 e. The summed E-state index contributed by atoms with van der Waals surface area (Å²) in [5, 5.41) is 2.74. The Bertz CT molecular complexity index is 483. The van der Waals surface area contributed by atoms with E-state index in [9.17, 15) is 14.0 Å². The molecule has 2 rings (SSSR count). The van der Waals surface area contributed by atoms with E-state index in [4.69, 9.17) is 4.74 Å². The Morgan fingerprint density at radius 3 is 2.78 bits per heavy atom. The molecule has 0 unspecified atom stereocenters. The average Bonchev–Trinajstić information content (AvgIpc) is 3.10. The smallest absolute Gasteiger partial charge is 0.258 e. The summed E-state index contributed by atoms with van der Waals surface area (Å²) < 4.78 is 18.3. The summed E-state index contributed by atoms with van der Waals surface area (Å²) in [5.74, 6) is -0.880. The lowest BCUT2D eigenvalue weighted by Gasteiger charge is -2.09. The summed E-state index contributed by atoms with van der Waals surface area (Å²) in [6.45, 7) is 1.16. The summed E-state index contributed by atoms with van der Waals surface area (Å²) in [7, 11) is 0. The molecule has 5 heteroatoms. The van der Waals surface area contributed by atoms with Gasteiger partial charge in [-0.05, 0) is 31.9 Å². The fourth-order valence-electron chi connectivity index (χ4n) is 1.55. The van der Waals surface area contributed by atoms with E-state index < -0.39 is 5.82 Å². The van der Waals surface area contributed by atoms with Crippen molar-refractivity contribution in [3.05, 3.63) is 29.6 Å². The highest BCUT2D eigenvalue weighted by atomic mass is 19.1. The van der Waals surface area contributed by atoms with E-state index in [0.717, 1.165) is 18.9 Å². The number of ketones is 1. The van der Waals surface area contributed by atoms with Crippen molar-refractivity contribution in [2.45, 2.75) is 25.8 Å². The number of nitrogens with one attached hydrogen (secondary N) is 1. The first-order valence-corrected chi connectivity index (χ1v) is 5.79. The first-order chi connectivity index (χ1) is 8.56. The Labute approximate surface area is 104 Å². The fraction of sp³-hybridized carbons (Fsp3) is 0.385. The van der Waals surface area contributed by atoms with Gasteiger partial charge in [0.2, 0.25) is 0 Å². The second kappa shape index (κ2) is 5.16. The molecule has 0 saturated heterocycles. The number of carbonyl (C=O) groups excluding carboxylic acids is 2. The monoisotopic (exact) mass is 251 g/mol. The molecule has 4 nitrogen and oxygen atoms in total. The van der Waals surface area contributed by atoms with Crippen LogP contribution in [0.1, 0.15) is 30.1 Å². The van der Waals surface area contributed by atoms with Crippen LogP contribution in [0.2, 0.25) is 0 Å². The number of rotatable bonds is 5. The van der Waals surface area contributed by atoms with Crippen molar-refractivity contribution in [3.8, 4) is 5.75 Å². The number of amides is 1. The van der Waals surface area contributed by atoms with Gasteiger partial charge in [-0.15, -0.1) is 0 Å². The first-order valence-electron chi connectivity index (χ1n) is 5.79. The molecule has 0 atom stereocenters. The van der Waals surface area contributed by atoms with E-state index in [2.05, 4.69) is 5.32 Å². The molecule has 0 aliphatic heterocycles. The van der Waals surface area contributed by atoms with Gasteiger partial charge in [-0.25, -0.2) is 4.39 Å². The SMILES string of the molecule is CC(=O)c1ccc(F)cc1OCC(=O)NC1CC1. The van der Waals surface area contributed by atoms with E-state index in [0.29, 0.717) is 0 Å². The molecule has 18 heavy (non-hydrogen) atoms. The van der Waals surface area contributed by atoms with Gasteiger partial charge in [0.05, 0.1) is 5.56 Å². The number of halogens is 1. The molecule has 0 spiro atoms. The lowest BCUT2D eigenvalue weighted by molar-refractivity contribution is -0.123. The van der Waals surface area contributed by atoms with Crippen molar-refractivity contribution >= 4 is 11.7 Å². The molecule has 1 N–H and O–H groups in total. The van der Waals surface area contributed by atoms with Gasteiger partial charge in [0, 0.05) is 12.1 Å². The van der Waals surface area contributed by atoms with E-state index in [1.807, 2.05) is 0 Å². The second-order valence-electron chi connectivity index (χ2n) is 4.33. The molecule has 0 bridgehead atoms. The van der Waals surface area contributed by atoms with Gasteiger partial charge >= 0.3 is 0 Å². The number of benzene rings is 1. The van der Waals surface area contributed by atoms with Crippen molar-refractivity contribution in [1.82, 2.24) is 5.32 Å². The summed E-state index contributed by atoms with van der Waals surface area (Å²) in [5.41, 5.74) is 0.274. The topological polar surface area (TPSA) is 55.4 Å². The molecule has 0 heterocycles. The molecule has 96 valence electrons. The highest BCUT2D eigenvalue weighted by Gasteiger charge is 2.23. The van der Waals surface area contributed by atoms with Crippen LogP contribution in [-0.4, -0.2) is 24.3 Å². The van der Waals surface area contributed by atoms with Gasteiger partial charge in [-0.1, -0.05) is 0 Å². The molecule has 0 aromatic heterocycles. The Hall–Kier alpha value is -1.91. The molecule has 0 radical (unpaired) electrons. The highest BCUT2D eigenvalue weighted by molar-refractivity contribution is 5.96. The summed E-state index contributed by atoms with van der Waals surface area (Å²) in [4.78, 5) is 22.7. The zero-order valence-corrected chi connectivity index (χ0v) is 10.0. The third kappa shape index (κ3) is 3.29. The minimum atomic E-state index is -0.502. The molecular weight excluding hydrogens is 237 g/mol. The summed E-state index contributed by atoms with van der Waals surface area (Å²) in [6, 6.07) is 3.90. The van der Waals surface area contributed by atoms with Crippen LogP contribution in [0.25, 0.3) is 0 Å². The summed E-state index contributed by atoms with van der Waals surface area (Å²) >= 11 is 0. The Morgan fingerprint density at radius 2 is 2.17 bits per heavy atom. The molecular formula is C13H14FNO3. The number of hydrogen-bond acceptors (Lipinski definition) is 3. The van der Waals surface area contributed by atoms with Crippen molar-refractivity contribution in [1.29, 1.82) is 0 Å². The Balaban J connectivity index is 2.00. The molecule has 1 aliphatic rings. The van der Waals surface area contributed by atoms with Crippen LogP contribution in [0.15, 0.2) is 18.2 Å². The molecule has 1 fully saturated rings. The van der Waals surface area contributed by atoms with Crippen LogP contribution in [0.5, 0.6) is 5.75 Å². The van der Waals surface area contributed by atoms with E-state index in [-0.39, 0.29) is 35.7 Å². The number of carbonyl (C=O) groups is 2. The van der Waals surface area contributed by atoms with Crippen molar-refractivity contribution in [2.75, 3.05) is 6.61 Å². The van der Waals surface area contributed by atoms with Crippen molar-refractivity contribution in [3.63, 3.8) is 0 Å². The van der Waals surface area contributed by atoms with E-state index in [1.165, 1.54) is 19.1 Å². The average molecular weight is 251 g/mol. The van der Waals surface area contributed by atoms with Gasteiger partial charge in [0.1, 0.15) is 11.6 Å². The standard InChI is InChI=1S/C13H14FNO3/c1-8(16)11-5-2-9(14)6-12(11)18-7-13(17)15-10-3-4-10/h2,5-6,10H,3-4,7H2,1H3,(H,15,17). The van der Waals surface area contributed by atoms with E-state index in [1.54, 1.807) is 0 Å². The predicted octanol–water partition coefficient (Wildman–Crippen LogP) is 1.69. The first kappa shape index (κ1) is 12.5. The van der Waals surface area contributed by atoms with Crippen molar-refractivity contribution in [2.24, 2.45) is 0 Å². The second-order valence-corrected chi connectivity index (χ2v) is 4.33. The maximum absolute atomic E-state index is 13.1. The van der Waals surface area contributed by atoms with Crippen LogP contribution in [0.4, 0.5) is 4.39 Å². The summed E-state index contributed by atoms with van der Waals surface area (Å²) in [6.07, 6.45) is 1.98. The number of hydrogen-bond donors (Lipinski definition) is 1. The zero-order chi connectivity index (χ0) is 13.1. The van der Waals surface area contributed by atoms with Crippen LogP contribution >= 0.6 is 0 Å². The normalized spacial score (nSPS) is 14.1. The van der Waals surface area contributed by atoms with Gasteiger partial charge < -0.3 is 10.1 Å². The molecule has 1 amide bonds. The van der Waals surface area contributed by atoms with Crippen LogP contribution in [-0.2, 0) is 4.79 Å². The fourth-order valence-corrected chi connectivity index (χ4v) is 1.55. The third-order valence-electron chi connectivity index (χ3n) is 2.62. The molecule has 1 aromatic rings. The number of Topliss-reactive ketones (excluding diaryl/α,β-unsaturated/α-hetero) is 1. The lowest BCUT2D eigenvalue weighted by Crippen LogP contribution is -2.30. The highest BCUT2D eigenvalue weighted by Crippen LogP contribution is 2.21. The minimum absolute atomic E-state index is 0.105. The van der Waals surface area contributed by atoms with Crippen LogP contribution < -0.4 is 10.1 Å². The van der Waals surface area contributed by atoms with Gasteiger partial charge in [-0.3, -0.25) is 9.59 Å². The van der Waals surface area contributed by atoms with Crippen LogP contribution in [0, 0.1) is 5.82 Å².